The van der Waals surface area contributed by atoms with Crippen LogP contribution in [0.25, 0.3) is 0 Å². The number of aromatic hydroxyl groups is 1. The molecule has 2 aliphatic rings. The van der Waals surface area contributed by atoms with E-state index in [-0.39, 0.29) is 17.3 Å². The molecule has 2 heterocycles. The van der Waals surface area contributed by atoms with E-state index >= 15 is 0 Å². The molecular weight excluding hydrogens is 372 g/mol. The number of carboxylic acids is 1. The van der Waals surface area contributed by atoms with Crippen LogP contribution in [0.4, 0.5) is 0 Å². The predicted molar refractivity (Wildman–Crippen MR) is 101 cm³/mol. The third-order valence-corrected chi connectivity index (χ3v) is 5.16. The van der Waals surface area contributed by atoms with Gasteiger partial charge in [0.2, 0.25) is 5.91 Å². The van der Waals surface area contributed by atoms with E-state index in [0.29, 0.717) is 5.56 Å². The van der Waals surface area contributed by atoms with E-state index in [9.17, 15) is 14.7 Å². The van der Waals surface area contributed by atoms with Crippen LogP contribution in [0.1, 0.15) is 17.5 Å². The molecule has 9 nitrogen and oxygen atoms in total. The molecule has 0 aliphatic carbocycles. The molecule has 27 heavy (non-hydrogen) atoms. The number of amides is 1. The number of hydrogen-bond acceptors (Lipinski definition) is 8. The number of nitrogens with one attached hydrogen (secondary N) is 1. The monoisotopic (exact) mass is 392 g/mol. The molecule has 2 fully saturated rings. The number of aliphatic carboxylic acids is 1. The van der Waals surface area contributed by atoms with Crippen LogP contribution in [0, 0.1) is 0 Å². The van der Waals surface area contributed by atoms with Gasteiger partial charge in [-0.3, -0.25) is 14.5 Å². The lowest BCUT2D eigenvalue weighted by Gasteiger charge is -2.26. The molecule has 2 aliphatic heterocycles. The molecule has 1 aromatic carbocycles. The van der Waals surface area contributed by atoms with E-state index < -0.39 is 17.1 Å². The van der Waals surface area contributed by atoms with E-state index in [1.165, 1.54) is 6.21 Å². The standard InChI is InChI=1S/C17H20N4O5S/c22-13-2-1-11(10-21-3-5-26-6-4-21)7-12(13)9-18-20-17-19-16(25)14(27-17)8-15(23)24/h1-2,7,9,14,22H,3-6,8,10H2,(H,23,24)(H,19,20,25). The van der Waals surface area contributed by atoms with Crippen LogP contribution in [0.15, 0.2) is 28.4 Å². The number of nitrogens with zero attached hydrogens (tertiary/aromatic N) is 3. The van der Waals surface area contributed by atoms with E-state index in [1.54, 1.807) is 6.07 Å². The fourth-order valence-corrected chi connectivity index (χ4v) is 3.63. The Hall–Kier alpha value is -2.43. The number of morpholine rings is 1. The molecule has 0 spiro atoms. The number of benzene rings is 1. The Balaban J connectivity index is 1.63. The van der Waals surface area contributed by atoms with Gasteiger partial charge in [0.1, 0.15) is 11.0 Å². The highest BCUT2D eigenvalue weighted by Crippen LogP contribution is 2.22. The maximum atomic E-state index is 11.7. The quantitative estimate of drug-likeness (QED) is 0.479. The fraction of sp³-hybridized carbons (Fsp3) is 0.412. The van der Waals surface area contributed by atoms with Crippen LogP contribution in [-0.4, -0.2) is 69.9 Å². The second-order valence-electron chi connectivity index (χ2n) is 6.13. The molecule has 0 radical (unpaired) electrons. The lowest BCUT2D eigenvalue weighted by Crippen LogP contribution is -2.35. The Bertz CT molecular complexity index is 777. The van der Waals surface area contributed by atoms with Gasteiger partial charge in [-0.25, -0.2) is 0 Å². The summed E-state index contributed by atoms with van der Waals surface area (Å²) in [4.78, 5) is 24.6. The molecule has 3 N–H and O–H groups in total. The van der Waals surface area contributed by atoms with Crippen molar-refractivity contribution in [2.45, 2.75) is 18.2 Å². The van der Waals surface area contributed by atoms with Crippen LogP contribution >= 0.6 is 11.8 Å². The SMILES string of the molecule is O=C(O)CC1SC(=NN=Cc2cc(CN3CCOCC3)ccc2O)NC1=O. The topological polar surface area (TPSA) is 124 Å². The van der Waals surface area contributed by atoms with Crippen molar-refractivity contribution in [2.75, 3.05) is 26.3 Å². The molecule has 0 bridgehead atoms. The number of phenolic OH excluding ortho intramolecular Hbond substituents is 1. The number of thioether (sulfide) groups is 1. The molecule has 144 valence electrons. The van der Waals surface area contributed by atoms with Gasteiger partial charge in [-0.2, -0.15) is 5.10 Å². The van der Waals surface area contributed by atoms with E-state index in [0.717, 1.165) is 50.2 Å². The van der Waals surface area contributed by atoms with Crippen LogP contribution in [-0.2, 0) is 20.9 Å². The van der Waals surface area contributed by atoms with Crippen LogP contribution in [0.2, 0.25) is 0 Å². The summed E-state index contributed by atoms with van der Waals surface area (Å²) in [5, 5.41) is 28.6. The van der Waals surface area contributed by atoms with Crippen molar-refractivity contribution in [2.24, 2.45) is 10.2 Å². The van der Waals surface area contributed by atoms with Crippen molar-refractivity contribution < 1.29 is 24.5 Å². The van der Waals surface area contributed by atoms with Crippen molar-refractivity contribution in [3.05, 3.63) is 29.3 Å². The maximum absolute atomic E-state index is 11.7. The Kier molecular flexibility index (Phi) is 6.43. The number of rotatable bonds is 6. The normalized spacial score (nSPS) is 22.4. The Labute approximate surface area is 160 Å². The average molecular weight is 392 g/mol. The maximum Gasteiger partial charge on any atom is 0.305 e. The minimum atomic E-state index is -1.05. The summed E-state index contributed by atoms with van der Waals surface area (Å²) in [6.07, 6.45) is 1.13. The van der Waals surface area contributed by atoms with Crippen LogP contribution in [0.5, 0.6) is 5.75 Å². The minimum absolute atomic E-state index is 0.0801. The first-order valence-corrected chi connectivity index (χ1v) is 9.31. The van der Waals surface area contributed by atoms with Gasteiger partial charge >= 0.3 is 5.97 Å². The summed E-state index contributed by atoms with van der Waals surface area (Å²) in [6, 6.07) is 5.30. The fourth-order valence-electron chi connectivity index (χ4n) is 2.71. The predicted octanol–water partition coefficient (Wildman–Crippen LogP) is 0.621. The molecule has 10 heteroatoms. The van der Waals surface area contributed by atoms with Crippen LogP contribution < -0.4 is 5.32 Å². The number of carbonyl (C=O) groups is 2. The van der Waals surface area contributed by atoms with Gasteiger partial charge in [0.25, 0.3) is 0 Å². The lowest BCUT2D eigenvalue weighted by atomic mass is 10.1. The summed E-state index contributed by atoms with van der Waals surface area (Å²) in [5.41, 5.74) is 1.55. The Morgan fingerprint density at radius 2 is 2.19 bits per heavy atom. The van der Waals surface area contributed by atoms with Crippen molar-refractivity contribution >= 4 is 35.0 Å². The van der Waals surface area contributed by atoms with Gasteiger partial charge in [-0.05, 0) is 17.7 Å². The number of carbonyl (C=O) groups excluding carboxylic acids is 1. The summed E-state index contributed by atoms with van der Waals surface area (Å²) < 4.78 is 5.34. The van der Waals surface area contributed by atoms with Gasteiger partial charge < -0.3 is 20.3 Å². The number of ether oxygens (including phenoxy) is 1. The Morgan fingerprint density at radius 1 is 1.41 bits per heavy atom. The highest BCUT2D eigenvalue weighted by Gasteiger charge is 2.32. The third-order valence-electron chi connectivity index (χ3n) is 4.08. The van der Waals surface area contributed by atoms with Gasteiger partial charge in [-0.1, -0.05) is 17.8 Å². The molecule has 3 rings (SSSR count). The summed E-state index contributed by atoms with van der Waals surface area (Å²) >= 11 is 1.03. The van der Waals surface area contributed by atoms with Crippen molar-refractivity contribution in [3.8, 4) is 5.75 Å². The molecule has 1 aromatic rings. The average Bonchev–Trinajstić information content (AvgIpc) is 2.97. The number of hydrogen-bond donors (Lipinski definition) is 3. The van der Waals surface area contributed by atoms with E-state index in [2.05, 4.69) is 20.4 Å². The van der Waals surface area contributed by atoms with Gasteiger partial charge in [0.15, 0.2) is 5.17 Å². The van der Waals surface area contributed by atoms with Crippen molar-refractivity contribution in [1.82, 2.24) is 10.2 Å². The molecule has 0 saturated carbocycles. The number of amidine groups is 1. The number of carboxylic acid groups (broad SMARTS) is 1. The molecule has 2 saturated heterocycles. The lowest BCUT2D eigenvalue weighted by molar-refractivity contribution is -0.138. The first-order chi connectivity index (χ1) is 13.0. The molecule has 1 unspecified atom stereocenters. The van der Waals surface area contributed by atoms with Crippen molar-refractivity contribution in [1.29, 1.82) is 0 Å². The molecule has 0 aromatic heterocycles. The minimum Gasteiger partial charge on any atom is -0.507 e. The van der Waals surface area contributed by atoms with E-state index in [1.807, 2.05) is 12.1 Å². The zero-order chi connectivity index (χ0) is 19.2. The highest BCUT2D eigenvalue weighted by molar-refractivity contribution is 8.15. The zero-order valence-electron chi connectivity index (χ0n) is 14.5. The third kappa shape index (κ3) is 5.52. The summed E-state index contributed by atoms with van der Waals surface area (Å²) in [7, 11) is 0. The molecule has 1 amide bonds. The van der Waals surface area contributed by atoms with Gasteiger partial charge in [-0.15, -0.1) is 5.10 Å². The summed E-state index contributed by atoms with van der Waals surface area (Å²) in [6.45, 7) is 3.92. The largest absolute Gasteiger partial charge is 0.507 e. The van der Waals surface area contributed by atoms with E-state index in [4.69, 9.17) is 9.84 Å². The van der Waals surface area contributed by atoms with Gasteiger partial charge in [0, 0.05) is 25.2 Å². The zero-order valence-corrected chi connectivity index (χ0v) is 15.3. The second kappa shape index (κ2) is 8.98. The number of phenols is 1. The van der Waals surface area contributed by atoms with Crippen LogP contribution in [0.3, 0.4) is 0 Å². The van der Waals surface area contributed by atoms with Crippen molar-refractivity contribution in [3.63, 3.8) is 0 Å². The highest BCUT2D eigenvalue weighted by atomic mass is 32.2. The Morgan fingerprint density at radius 3 is 2.93 bits per heavy atom. The molecule has 1 atom stereocenters. The first kappa shape index (κ1) is 19.3. The smallest absolute Gasteiger partial charge is 0.305 e. The summed E-state index contributed by atoms with van der Waals surface area (Å²) in [5.74, 6) is -1.36. The molecular formula is C17H20N4O5S. The second-order valence-corrected chi connectivity index (χ2v) is 7.32. The first-order valence-electron chi connectivity index (χ1n) is 8.43. The van der Waals surface area contributed by atoms with Gasteiger partial charge in [0.05, 0.1) is 25.8 Å².